The summed E-state index contributed by atoms with van der Waals surface area (Å²) in [6.07, 6.45) is 0.376. The van der Waals surface area contributed by atoms with Crippen LogP contribution in [0, 0.1) is 0 Å². The molecule has 1 aromatic rings. The number of anilines is 2. The third kappa shape index (κ3) is 4.65. The molecule has 4 amide bonds. The molecule has 1 saturated heterocycles. The van der Waals surface area contributed by atoms with Gasteiger partial charge in [-0.25, -0.2) is 17.5 Å². The standard InChI is InChI=1S/C18H28N6O5S/c1-6-18(3)16(26)24(17(27)21-18)22-15(25)11-20-14-10-12(30(28,29)23(4)5)8-9-13(14)19-7-2/h8-10,19-20H,6-7,11H2,1-5H3,(H,21,27)(H,22,25). The maximum Gasteiger partial charge on any atom is 0.344 e. The van der Waals surface area contributed by atoms with Crippen molar-refractivity contribution in [2.24, 2.45) is 0 Å². The lowest BCUT2D eigenvalue weighted by molar-refractivity contribution is -0.138. The summed E-state index contributed by atoms with van der Waals surface area (Å²) >= 11 is 0. The van der Waals surface area contributed by atoms with Gasteiger partial charge in [-0.3, -0.25) is 15.0 Å². The largest absolute Gasteiger partial charge is 0.384 e. The predicted octanol–water partition coefficient (Wildman–Crippen LogP) is 0.532. The zero-order valence-corrected chi connectivity index (χ0v) is 18.5. The molecule has 12 heteroatoms. The lowest BCUT2D eigenvalue weighted by Crippen LogP contribution is -2.50. The first kappa shape index (κ1) is 23.4. The normalized spacial score (nSPS) is 19.1. The maximum absolute atomic E-state index is 12.4. The first-order valence-corrected chi connectivity index (χ1v) is 10.9. The topological polar surface area (TPSA) is 140 Å². The molecule has 0 saturated carbocycles. The van der Waals surface area contributed by atoms with Gasteiger partial charge >= 0.3 is 6.03 Å². The minimum absolute atomic E-state index is 0.0601. The van der Waals surface area contributed by atoms with Gasteiger partial charge in [0.05, 0.1) is 22.8 Å². The molecule has 0 bridgehead atoms. The van der Waals surface area contributed by atoms with Crippen molar-refractivity contribution < 1.29 is 22.8 Å². The summed E-state index contributed by atoms with van der Waals surface area (Å²) < 4.78 is 25.9. The Kier molecular flexibility index (Phi) is 6.93. The molecule has 1 aliphatic rings. The summed E-state index contributed by atoms with van der Waals surface area (Å²) in [6, 6.07) is 3.79. The highest BCUT2D eigenvalue weighted by Crippen LogP contribution is 2.26. The molecule has 0 radical (unpaired) electrons. The van der Waals surface area contributed by atoms with Gasteiger partial charge in [-0.15, -0.1) is 0 Å². The smallest absolute Gasteiger partial charge is 0.344 e. The van der Waals surface area contributed by atoms with Crippen molar-refractivity contribution in [1.82, 2.24) is 20.1 Å². The molecule has 1 aliphatic heterocycles. The zero-order chi connectivity index (χ0) is 22.7. The van der Waals surface area contributed by atoms with E-state index in [0.717, 1.165) is 4.31 Å². The van der Waals surface area contributed by atoms with Crippen molar-refractivity contribution in [3.05, 3.63) is 18.2 Å². The highest BCUT2D eigenvalue weighted by Gasteiger charge is 2.47. The van der Waals surface area contributed by atoms with Gasteiger partial charge < -0.3 is 16.0 Å². The number of urea groups is 1. The molecule has 4 N–H and O–H groups in total. The van der Waals surface area contributed by atoms with Gasteiger partial charge in [0.2, 0.25) is 10.0 Å². The minimum Gasteiger partial charge on any atom is -0.384 e. The van der Waals surface area contributed by atoms with Crippen LogP contribution in [0.5, 0.6) is 0 Å². The fourth-order valence-electron chi connectivity index (χ4n) is 2.75. The van der Waals surface area contributed by atoms with E-state index in [1.807, 2.05) is 6.92 Å². The Morgan fingerprint density at radius 1 is 1.17 bits per heavy atom. The molecule has 0 aliphatic carbocycles. The van der Waals surface area contributed by atoms with Gasteiger partial charge in [0.15, 0.2) is 0 Å². The first-order valence-electron chi connectivity index (χ1n) is 9.46. The number of nitrogens with zero attached hydrogens (tertiary/aromatic N) is 2. The van der Waals surface area contributed by atoms with E-state index >= 15 is 0 Å². The quantitative estimate of drug-likeness (QED) is 0.411. The lowest BCUT2D eigenvalue weighted by atomic mass is 10.00. The van der Waals surface area contributed by atoms with Gasteiger partial charge in [0.1, 0.15) is 5.54 Å². The molecule has 1 unspecified atom stereocenters. The number of imide groups is 1. The van der Waals surface area contributed by atoms with Crippen molar-refractivity contribution in [2.75, 3.05) is 37.8 Å². The van der Waals surface area contributed by atoms with Crippen LogP contribution in [0.2, 0.25) is 0 Å². The fraction of sp³-hybridized carbons (Fsp3) is 0.500. The Balaban J connectivity index is 2.15. The molecule has 11 nitrogen and oxygen atoms in total. The molecule has 1 fully saturated rings. The van der Waals surface area contributed by atoms with Gasteiger partial charge in [-0.2, -0.15) is 5.01 Å². The predicted molar refractivity (Wildman–Crippen MR) is 112 cm³/mol. The third-order valence-electron chi connectivity index (χ3n) is 4.78. The second-order valence-electron chi connectivity index (χ2n) is 7.17. The van der Waals surface area contributed by atoms with E-state index in [2.05, 4.69) is 21.4 Å². The number of nitrogens with one attached hydrogen (secondary N) is 4. The maximum atomic E-state index is 12.4. The minimum atomic E-state index is -3.66. The van der Waals surface area contributed by atoms with Gasteiger partial charge in [-0.1, -0.05) is 6.92 Å². The number of carbonyl (C=O) groups is 3. The number of sulfonamides is 1. The zero-order valence-electron chi connectivity index (χ0n) is 17.7. The average Bonchev–Trinajstić information content (AvgIpc) is 2.90. The number of hydrogen-bond acceptors (Lipinski definition) is 7. The summed E-state index contributed by atoms with van der Waals surface area (Å²) in [5.41, 5.74) is 2.21. The summed E-state index contributed by atoms with van der Waals surface area (Å²) in [4.78, 5) is 36.8. The first-order chi connectivity index (χ1) is 14.0. The summed E-state index contributed by atoms with van der Waals surface area (Å²) in [5, 5.41) is 9.14. The van der Waals surface area contributed by atoms with Crippen LogP contribution in [0.1, 0.15) is 27.2 Å². The number of rotatable bonds is 9. The molecule has 0 spiro atoms. The average molecular weight is 441 g/mol. The Hall–Kier alpha value is -2.86. The molecular formula is C18H28N6O5S. The lowest BCUT2D eigenvalue weighted by Gasteiger charge is -2.20. The van der Waals surface area contributed by atoms with E-state index in [1.54, 1.807) is 19.9 Å². The van der Waals surface area contributed by atoms with E-state index in [4.69, 9.17) is 0 Å². The van der Waals surface area contributed by atoms with Gasteiger partial charge in [0.25, 0.3) is 11.8 Å². The van der Waals surface area contributed by atoms with Crippen molar-refractivity contribution >= 4 is 39.2 Å². The highest BCUT2D eigenvalue weighted by molar-refractivity contribution is 7.89. The van der Waals surface area contributed by atoms with Crippen LogP contribution in [-0.4, -0.2) is 68.3 Å². The summed E-state index contributed by atoms with van der Waals surface area (Å²) in [5.74, 6) is -1.18. The molecule has 166 valence electrons. The number of amides is 4. The molecule has 30 heavy (non-hydrogen) atoms. The van der Waals surface area contributed by atoms with Crippen LogP contribution < -0.4 is 21.4 Å². The monoisotopic (exact) mass is 440 g/mol. The molecule has 2 rings (SSSR count). The second kappa shape index (κ2) is 8.88. The third-order valence-corrected chi connectivity index (χ3v) is 6.59. The van der Waals surface area contributed by atoms with E-state index in [-0.39, 0.29) is 11.4 Å². The van der Waals surface area contributed by atoms with Gasteiger partial charge in [0, 0.05) is 20.6 Å². The molecule has 1 aromatic carbocycles. The highest BCUT2D eigenvalue weighted by atomic mass is 32.2. The van der Waals surface area contributed by atoms with E-state index < -0.39 is 33.4 Å². The molecule has 1 atom stereocenters. The van der Waals surface area contributed by atoms with E-state index in [1.165, 1.54) is 26.2 Å². The SMILES string of the molecule is CCNc1ccc(S(=O)(=O)N(C)C)cc1NCC(=O)NN1C(=O)NC(C)(CC)C1=O. The summed E-state index contributed by atoms with van der Waals surface area (Å²) in [6.45, 7) is 5.50. The number of benzene rings is 1. The molecule has 0 aromatic heterocycles. The van der Waals surface area contributed by atoms with Crippen molar-refractivity contribution in [1.29, 1.82) is 0 Å². The molecule has 1 heterocycles. The number of hydrogen-bond donors (Lipinski definition) is 4. The Morgan fingerprint density at radius 3 is 2.37 bits per heavy atom. The second-order valence-corrected chi connectivity index (χ2v) is 9.32. The van der Waals surface area contributed by atoms with Crippen LogP contribution in [0.25, 0.3) is 0 Å². The van der Waals surface area contributed by atoms with Crippen molar-refractivity contribution in [2.45, 2.75) is 37.6 Å². The van der Waals surface area contributed by atoms with E-state index in [0.29, 0.717) is 29.3 Å². The van der Waals surface area contributed by atoms with Crippen molar-refractivity contribution in [3.8, 4) is 0 Å². The fourth-order valence-corrected chi connectivity index (χ4v) is 3.68. The van der Waals surface area contributed by atoms with Crippen LogP contribution >= 0.6 is 0 Å². The number of carbonyl (C=O) groups excluding carboxylic acids is 3. The molecular weight excluding hydrogens is 412 g/mol. The van der Waals surface area contributed by atoms with Crippen LogP contribution in [0.4, 0.5) is 16.2 Å². The summed E-state index contributed by atoms with van der Waals surface area (Å²) in [7, 11) is -0.806. The van der Waals surface area contributed by atoms with Gasteiger partial charge in [-0.05, 0) is 38.5 Å². The van der Waals surface area contributed by atoms with E-state index in [9.17, 15) is 22.8 Å². The van der Waals surface area contributed by atoms with Crippen LogP contribution in [-0.2, 0) is 19.6 Å². The Morgan fingerprint density at radius 2 is 1.83 bits per heavy atom. The van der Waals surface area contributed by atoms with Crippen LogP contribution in [0.3, 0.4) is 0 Å². The number of hydrazine groups is 1. The van der Waals surface area contributed by atoms with Crippen molar-refractivity contribution in [3.63, 3.8) is 0 Å². The Labute approximate surface area is 176 Å². The van der Waals surface area contributed by atoms with Crippen LogP contribution in [0.15, 0.2) is 23.1 Å². The Bertz CT molecular complexity index is 948.